The van der Waals surface area contributed by atoms with Gasteiger partial charge in [-0.25, -0.2) is 0 Å². The van der Waals surface area contributed by atoms with Crippen molar-refractivity contribution in [3.63, 3.8) is 0 Å². The van der Waals surface area contributed by atoms with Crippen LogP contribution in [0.5, 0.6) is 0 Å². The van der Waals surface area contributed by atoms with Gasteiger partial charge in [-0.2, -0.15) is 0 Å². The van der Waals surface area contributed by atoms with Gasteiger partial charge in [-0.15, -0.1) is 0 Å². The van der Waals surface area contributed by atoms with Crippen molar-refractivity contribution in [2.75, 3.05) is 13.2 Å². The van der Waals surface area contributed by atoms with E-state index >= 15 is 0 Å². The van der Waals surface area contributed by atoms with Crippen molar-refractivity contribution >= 4 is 0 Å². The Kier molecular flexibility index (Phi) is 3.36. The van der Waals surface area contributed by atoms with Crippen molar-refractivity contribution in [2.45, 2.75) is 31.8 Å². The van der Waals surface area contributed by atoms with Gasteiger partial charge < -0.3 is 5.11 Å². The molecule has 1 aliphatic carbocycles. The molecule has 0 amide bonds. The van der Waals surface area contributed by atoms with Crippen LogP contribution in [-0.2, 0) is 6.54 Å². The zero-order valence-electron chi connectivity index (χ0n) is 10.6. The van der Waals surface area contributed by atoms with Crippen LogP contribution in [0.1, 0.15) is 30.4 Å². The van der Waals surface area contributed by atoms with E-state index in [4.69, 9.17) is 5.11 Å². The number of likely N-dealkylation sites (tertiary alicyclic amines) is 1. The van der Waals surface area contributed by atoms with Crippen LogP contribution in [-0.4, -0.2) is 29.2 Å². The van der Waals surface area contributed by atoms with Crippen molar-refractivity contribution < 1.29 is 5.11 Å². The fourth-order valence-corrected chi connectivity index (χ4v) is 3.35. The lowest BCUT2D eigenvalue weighted by molar-refractivity contribution is 0.205. The Balaban J connectivity index is 1.76. The fraction of sp³-hybridized carbons (Fsp3) is 0.500. The van der Waals surface area contributed by atoms with Crippen LogP contribution >= 0.6 is 0 Å². The molecule has 2 fully saturated rings. The molecule has 3 rings (SSSR count). The van der Waals surface area contributed by atoms with Crippen LogP contribution in [0.4, 0.5) is 0 Å². The van der Waals surface area contributed by atoms with E-state index in [9.17, 15) is 0 Å². The highest BCUT2D eigenvalue weighted by molar-refractivity contribution is 5.41. The molecule has 1 N–H and O–H groups in total. The Morgan fingerprint density at radius 2 is 2.17 bits per heavy atom. The maximum Gasteiger partial charge on any atom is 0.104 e. The van der Waals surface area contributed by atoms with Crippen LogP contribution in [0.2, 0.25) is 0 Å². The van der Waals surface area contributed by atoms with E-state index in [-0.39, 0.29) is 6.61 Å². The minimum atomic E-state index is -0.0667. The second-order valence-electron chi connectivity index (χ2n) is 5.38. The second-order valence-corrected chi connectivity index (χ2v) is 5.38. The molecular weight excluding hydrogens is 222 g/mol. The molecule has 94 valence electrons. The van der Waals surface area contributed by atoms with Gasteiger partial charge in [-0.3, -0.25) is 4.90 Å². The number of rotatable bonds is 2. The molecular formula is C16H19NO. The van der Waals surface area contributed by atoms with Crippen LogP contribution in [0, 0.1) is 17.8 Å². The molecule has 2 aliphatic rings. The molecule has 1 saturated heterocycles. The SMILES string of the molecule is OCC#Cc1ccccc1CN1CC2CCC1C2. The molecule has 2 atom stereocenters. The number of piperidine rings is 1. The summed E-state index contributed by atoms with van der Waals surface area (Å²) < 4.78 is 0. The molecule has 18 heavy (non-hydrogen) atoms. The summed E-state index contributed by atoms with van der Waals surface area (Å²) in [5.74, 6) is 6.74. The summed E-state index contributed by atoms with van der Waals surface area (Å²) in [6.07, 6.45) is 4.19. The highest BCUT2D eigenvalue weighted by Gasteiger charge is 2.37. The van der Waals surface area contributed by atoms with E-state index in [1.807, 2.05) is 12.1 Å². The zero-order chi connectivity index (χ0) is 12.4. The van der Waals surface area contributed by atoms with E-state index in [2.05, 4.69) is 28.9 Å². The summed E-state index contributed by atoms with van der Waals surface area (Å²) in [4.78, 5) is 2.60. The lowest BCUT2D eigenvalue weighted by Crippen LogP contribution is -2.31. The summed E-state index contributed by atoms with van der Waals surface area (Å²) in [6.45, 7) is 2.20. The topological polar surface area (TPSA) is 23.5 Å². The minimum absolute atomic E-state index is 0.0667. The first-order chi connectivity index (χ1) is 8.86. The van der Waals surface area contributed by atoms with Crippen molar-refractivity contribution in [3.05, 3.63) is 35.4 Å². The summed E-state index contributed by atoms with van der Waals surface area (Å²) >= 11 is 0. The standard InChI is InChI=1S/C16H19NO/c18-9-3-6-14-4-1-2-5-15(14)12-17-11-13-7-8-16(17)10-13/h1-2,4-5,13,16,18H,7-12H2. The van der Waals surface area contributed by atoms with Crippen molar-refractivity contribution in [1.29, 1.82) is 0 Å². The van der Waals surface area contributed by atoms with Gasteiger partial charge in [0, 0.05) is 24.7 Å². The maximum absolute atomic E-state index is 8.80. The molecule has 2 bridgehead atoms. The maximum atomic E-state index is 8.80. The van der Waals surface area contributed by atoms with E-state index in [0.29, 0.717) is 0 Å². The van der Waals surface area contributed by atoms with Crippen molar-refractivity contribution in [1.82, 2.24) is 4.90 Å². The lowest BCUT2D eigenvalue weighted by atomic mass is 10.1. The Bertz CT molecular complexity index is 485. The molecule has 0 aromatic heterocycles. The Morgan fingerprint density at radius 3 is 2.89 bits per heavy atom. The van der Waals surface area contributed by atoms with E-state index in [1.165, 1.54) is 31.4 Å². The van der Waals surface area contributed by atoms with Crippen molar-refractivity contribution in [2.24, 2.45) is 5.92 Å². The highest BCUT2D eigenvalue weighted by atomic mass is 16.2. The summed E-state index contributed by atoms with van der Waals surface area (Å²) in [7, 11) is 0. The highest BCUT2D eigenvalue weighted by Crippen LogP contribution is 2.38. The summed E-state index contributed by atoms with van der Waals surface area (Å²) in [5.41, 5.74) is 2.36. The quantitative estimate of drug-likeness (QED) is 0.801. The van der Waals surface area contributed by atoms with Crippen LogP contribution < -0.4 is 0 Å². The Labute approximate surface area is 109 Å². The first kappa shape index (κ1) is 11.8. The third kappa shape index (κ3) is 2.29. The molecule has 0 spiro atoms. The van der Waals surface area contributed by atoms with Gasteiger partial charge in [0.2, 0.25) is 0 Å². The number of aliphatic hydroxyl groups is 1. The average molecular weight is 241 g/mol. The average Bonchev–Trinajstić information content (AvgIpc) is 3.00. The number of aliphatic hydroxyl groups excluding tert-OH is 1. The number of benzene rings is 1. The second kappa shape index (κ2) is 5.14. The summed E-state index contributed by atoms with van der Waals surface area (Å²) in [6, 6.07) is 9.10. The van der Waals surface area contributed by atoms with E-state index in [1.54, 1.807) is 0 Å². The van der Waals surface area contributed by atoms with Gasteiger partial charge >= 0.3 is 0 Å². The van der Waals surface area contributed by atoms with Gasteiger partial charge in [0.15, 0.2) is 0 Å². The zero-order valence-corrected chi connectivity index (χ0v) is 10.6. The van der Waals surface area contributed by atoms with Gasteiger partial charge in [0.05, 0.1) is 0 Å². The Hall–Kier alpha value is -1.30. The van der Waals surface area contributed by atoms with E-state index < -0.39 is 0 Å². The third-order valence-electron chi connectivity index (χ3n) is 4.22. The minimum Gasteiger partial charge on any atom is -0.384 e. The third-order valence-corrected chi connectivity index (χ3v) is 4.22. The fourth-order valence-electron chi connectivity index (χ4n) is 3.35. The van der Waals surface area contributed by atoms with Gasteiger partial charge in [0.1, 0.15) is 6.61 Å². The summed E-state index contributed by atoms with van der Waals surface area (Å²) in [5, 5.41) is 8.80. The number of nitrogens with zero attached hydrogens (tertiary/aromatic N) is 1. The smallest absolute Gasteiger partial charge is 0.104 e. The Morgan fingerprint density at radius 1 is 1.28 bits per heavy atom. The lowest BCUT2D eigenvalue weighted by Gasteiger charge is -2.27. The van der Waals surface area contributed by atoms with Gasteiger partial charge in [-0.1, -0.05) is 30.0 Å². The number of fused-ring (bicyclic) bond motifs is 2. The molecule has 1 saturated carbocycles. The number of hydrogen-bond acceptors (Lipinski definition) is 2. The molecule has 2 heteroatoms. The van der Waals surface area contributed by atoms with Crippen LogP contribution in [0.15, 0.2) is 24.3 Å². The predicted molar refractivity (Wildman–Crippen MR) is 71.9 cm³/mol. The van der Waals surface area contributed by atoms with E-state index in [0.717, 1.165) is 24.1 Å². The van der Waals surface area contributed by atoms with Gasteiger partial charge in [-0.05, 0) is 36.8 Å². The predicted octanol–water partition coefficient (Wildman–Crippen LogP) is 2.01. The van der Waals surface area contributed by atoms with Crippen molar-refractivity contribution in [3.8, 4) is 11.8 Å². The molecule has 1 aliphatic heterocycles. The largest absolute Gasteiger partial charge is 0.384 e. The number of hydrogen-bond donors (Lipinski definition) is 1. The molecule has 1 aromatic rings. The molecule has 0 radical (unpaired) electrons. The molecule has 1 heterocycles. The van der Waals surface area contributed by atoms with Crippen LogP contribution in [0.3, 0.4) is 0 Å². The van der Waals surface area contributed by atoms with Gasteiger partial charge in [0.25, 0.3) is 0 Å². The molecule has 2 nitrogen and oxygen atoms in total. The molecule has 1 aromatic carbocycles. The molecule has 2 unspecified atom stereocenters. The first-order valence-electron chi connectivity index (χ1n) is 6.78. The monoisotopic (exact) mass is 241 g/mol. The first-order valence-corrected chi connectivity index (χ1v) is 6.78. The van der Waals surface area contributed by atoms with Crippen LogP contribution in [0.25, 0.3) is 0 Å². The normalized spacial score (nSPS) is 26.1.